The molecule has 1 N–H and O–H groups in total. The summed E-state index contributed by atoms with van der Waals surface area (Å²) in [5, 5.41) is 3.34. The van der Waals surface area contributed by atoms with Gasteiger partial charge in [0.25, 0.3) is 0 Å². The number of hydrogen-bond donors (Lipinski definition) is 1. The first kappa shape index (κ1) is 16.3. The minimum atomic E-state index is -0.429. The summed E-state index contributed by atoms with van der Waals surface area (Å²) in [7, 11) is 0. The fraction of sp³-hybridized carbons (Fsp3) is 0.611. The predicted molar refractivity (Wildman–Crippen MR) is 89.5 cm³/mol. The molecule has 1 aliphatic carbocycles. The van der Waals surface area contributed by atoms with Gasteiger partial charge >= 0.3 is 0 Å². The van der Waals surface area contributed by atoms with Crippen molar-refractivity contribution < 1.29 is 13.9 Å². The summed E-state index contributed by atoms with van der Waals surface area (Å²) in [6, 6.07) is 4.99. The molecule has 1 saturated carbocycles. The lowest BCUT2D eigenvalue weighted by molar-refractivity contribution is -0.121. The van der Waals surface area contributed by atoms with Gasteiger partial charge in [0.1, 0.15) is 5.82 Å². The Balaban J connectivity index is 1.32. The fourth-order valence-corrected chi connectivity index (χ4v) is 4.13. The molecule has 2 heterocycles. The molecule has 130 valence electrons. The number of carbonyl (C=O) groups excluding carboxylic acids is 1. The molecule has 1 aromatic rings. The topological polar surface area (TPSA) is 41.6 Å². The Morgan fingerprint density at radius 1 is 1.38 bits per heavy atom. The number of hydrogen-bond acceptors (Lipinski definition) is 3. The number of amides is 1. The molecule has 0 spiro atoms. The monoisotopic (exact) mass is 352 g/mol. The van der Waals surface area contributed by atoms with Crippen molar-refractivity contribution in [3.63, 3.8) is 0 Å². The van der Waals surface area contributed by atoms with E-state index >= 15 is 0 Å². The van der Waals surface area contributed by atoms with Gasteiger partial charge in [-0.2, -0.15) is 0 Å². The van der Waals surface area contributed by atoms with Crippen LogP contribution in [0, 0.1) is 11.7 Å². The van der Waals surface area contributed by atoms with E-state index in [4.69, 9.17) is 16.3 Å². The third kappa shape index (κ3) is 3.44. The van der Waals surface area contributed by atoms with Crippen molar-refractivity contribution >= 4 is 17.5 Å². The maximum atomic E-state index is 13.8. The highest BCUT2D eigenvalue weighted by Crippen LogP contribution is 2.37. The zero-order valence-corrected chi connectivity index (χ0v) is 14.3. The van der Waals surface area contributed by atoms with Gasteiger partial charge in [-0.3, -0.25) is 9.69 Å². The lowest BCUT2D eigenvalue weighted by Crippen LogP contribution is -2.47. The number of halogens is 2. The van der Waals surface area contributed by atoms with Crippen LogP contribution in [0.2, 0.25) is 5.02 Å². The molecule has 24 heavy (non-hydrogen) atoms. The number of rotatable bonds is 4. The Bertz CT molecular complexity index is 617. The number of carbonyl (C=O) groups is 1. The number of morpholine rings is 1. The van der Waals surface area contributed by atoms with Crippen molar-refractivity contribution in [2.24, 2.45) is 5.92 Å². The van der Waals surface area contributed by atoms with Crippen LogP contribution in [-0.2, 0) is 16.0 Å². The molecule has 3 atom stereocenters. The van der Waals surface area contributed by atoms with Crippen LogP contribution in [0.1, 0.15) is 24.8 Å². The molecule has 6 heteroatoms. The Morgan fingerprint density at radius 2 is 2.21 bits per heavy atom. The van der Waals surface area contributed by atoms with Gasteiger partial charge in [-0.05, 0) is 37.3 Å². The second kappa shape index (κ2) is 6.62. The number of ether oxygens (including phenoxy) is 1. The van der Waals surface area contributed by atoms with Crippen LogP contribution in [-0.4, -0.2) is 48.7 Å². The molecule has 0 radical (unpaired) electrons. The predicted octanol–water partition coefficient (Wildman–Crippen LogP) is 2.39. The van der Waals surface area contributed by atoms with Crippen molar-refractivity contribution in [3.8, 4) is 0 Å². The average Bonchev–Trinajstić information content (AvgIpc) is 3.31. The molecule has 0 aromatic heterocycles. The van der Waals surface area contributed by atoms with Crippen LogP contribution in [0.4, 0.5) is 4.39 Å². The van der Waals surface area contributed by atoms with E-state index < -0.39 is 5.82 Å². The molecule has 4 rings (SSSR count). The zero-order chi connectivity index (χ0) is 16.7. The van der Waals surface area contributed by atoms with Crippen LogP contribution >= 0.6 is 11.6 Å². The molecule has 3 fully saturated rings. The maximum absolute atomic E-state index is 13.8. The standard InChI is InChI=1S/C18H22ClFN2O2/c19-15-2-1-3-16(20)14(15)7-18(23)21-12-6-13-10-24-17(11-4-5-11)9-22(13)8-12/h1-3,11-13,17H,4-10H2,(H,21,23)/t12-,13-,17+/m0/s1. The van der Waals surface area contributed by atoms with Gasteiger partial charge in [-0.1, -0.05) is 17.7 Å². The minimum absolute atomic E-state index is 0.0200. The van der Waals surface area contributed by atoms with Gasteiger partial charge in [-0.15, -0.1) is 0 Å². The smallest absolute Gasteiger partial charge is 0.224 e. The lowest BCUT2D eigenvalue weighted by Gasteiger charge is -2.35. The minimum Gasteiger partial charge on any atom is -0.375 e. The van der Waals surface area contributed by atoms with E-state index in [1.165, 1.54) is 18.9 Å². The van der Waals surface area contributed by atoms with Crippen molar-refractivity contribution in [3.05, 3.63) is 34.6 Å². The SMILES string of the molecule is O=C(Cc1c(F)cccc1Cl)N[C@H]1C[C@H]2CO[C@@H](C3CC3)CN2C1. The number of benzene rings is 1. The number of fused-ring (bicyclic) bond motifs is 1. The Labute approximate surface area is 146 Å². The normalized spacial score (nSPS) is 30.2. The lowest BCUT2D eigenvalue weighted by atomic mass is 10.1. The largest absolute Gasteiger partial charge is 0.375 e. The first-order valence-corrected chi connectivity index (χ1v) is 9.06. The van der Waals surface area contributed by atoms with Crippen molar-refractivity contribution in [1.82, 2.24) is 10.2 Å². The molecule has 2 saturated heterocycles. The summed E-state index contributed by atoms with van der Waals surface area (Å²) < 4.78 is 19.8. The summed E-state index contributed by atoms with van der Waals surface area (Å²) in [5.41, 5.74) is 0.268. The van der Waals surface area contributed by atoms with Gasteiger partial charge < -0.3 is 10.1 Å². The van der Waals surface area contributed by atoms with Gasteiger partial charge in [0.2, 0.25) is 5.91 Å². The highest BCUT2D eigenvalue weighted by atomic mass is 35.5. The van der Waals surface area contributed by atoms with Gasteiger partial charge in [0, 0.05) is 35.8 Å². The highest BCUT2D eigenvalue weighted by Gasteiger charge is 2.42. The summed E-state index contributed by atoms with van der Waals surface area (Å²) in [5.74, 6) is 0.136. The van der Waals surface area contributed by atoms with Crippen molar-refractivity contribution in [2.75, 3.05) is 19.7 Å². The molecule has 2 aliphatic heterocycles. The quantitative estimate of drug-likeness (QED) is 0.904. The summed E-state index contributed by atoms with van der Waals surface area (Å²) >= 11 is 6.00. The Kier molecular flexibility index (Phi) is 4.50. The van der Waals surface area contributed by atoms with Crippen LogP contribution < -0.4 is 5.32 Å². The van der Waals surface area contributed by atoms with Crippen LogP contribution in [0.5, 0.6) is 0 Å². The molecular formula is C18H22ClFN2O2. The molecule has 3 aliphatic rings. The molecule has 0 bridgehead atoms. The highest BCUT2D eigenvalue weighted by molar-refractivity contribution is 6.31. The van der Waals surface area contributed by atoms with E-state index in [1.807, 2.05) is 0 Å². The Hall–Kier alpha value is -1.17. The summed E-state index contributed by atoms with van der Waals surface area (Å²) in [6.45, 7) is 2.58. The second-order valence-corrected chi connectivity index (χ2v) is 7.60. The molecular weight excluding hydrogens is 331 g/mol. The number of nitrogens with one attached hydrogen (secondary N) is 1. The maximum Gasteiger partial charge on any atom is 0.224 e. The molecule has 1 amide bonds. The summed E-state index contributed by atoms with van der Waals surface area (Å²) in [6.07, 6.45) is 3.81. The first-order chi connectivity index (χ1) is 11.6. The average molecular weight is 353 g/mol. The van der Waals surface area contributed by atoms with Gasteiger partial charge in [-0.25, -0.2) is 4.39 Å². The third-order valence-electron chi connectivity index (χ3n) is 5.36. The van der Waals surface area contributed by atoms with E-state index in [2.05, 4.69) is 10.2 Å². The van der Waals surface area contributed by atoms with Gasteiger partial charge in [0.15, 0.2) is 0 Å². The third-order valence-corrected chi connectivity index (χ3v) is 5.71. The van der Waals surface area contributed by atoms with Crippen molar-refractivity contribution in [1.29, 1.82) is 0 Å². The van der Waals surface area contributed by atoms with E-state index in [0.717, 1.165) is 32.0 Å². The van der Waals surface area contributed by atoms with E-state index in [0.29, 0.717) is 17.2 Å². The second-order valence-electron chi connectivity index (χ2n) is 7.19. The number of nitrogens with zero attached hydrogens (tertiary/aromatic N) is 1. The molecule has 4 nitrogen and oxygen atoms in total. The zero-order valence-electron chi connectivity index (χ0n) is 13.5. The van der Waals surface area contributed by atoms with Crippen LogP contribution in [0.15, 0.2) is 18.2 Å². The van der Waals surface area contributed by atoms with Crippen molar-refractivity contribution in [2.45, 2.75) is 43.9 Å². The van der Waals surface area contributed by atoms with E-state index in [-0.39, 0.29) is 23.9 Å². The Morgan fingerprint density at radius 3 is 2.96 bits per heavy atom. The van der Waals surface area contributed by atoms with E-state index in [1.54, 1.807) is 12.1 Å². The molecule has 1 aromatic carbocycles. The van der Waals surface area contributed by atoms with E-state index in [9.17, 15) is 9.18 Å². The first-order valence-electron chi connectivity index (χ1n) is 8.68. The van der Waals surface area contributed by atoms with Crippen LogP contribution in [0.3, 0.4) is 0 Å². The van der Waals surface area contributed by atoms with Crippen LogP contribution in [0.25, 0.3) is 0 Å². The fourth-order valence-electron chi connectivity index (χ4n) is 3.90. The molecule has 0 unspecified atom stereocenters. The van der Waals surface area contributed by atoms with Gasteiger partial charge in [0.05, 0.1) is 19.1 Å². The summed E-state index contributed by atoms with van der Waals surface area (Å²) in [4.78, 5) is 14.7.